The zero-order valence-electron chi connectivity index (χ0n) is 23.1. The number of aromatic amines is 1. The van der Waals surface area contributed by atoms with Crippen LogP contribution in [0, 0.1) is 29.1 Å². The fourth-order valence-electron chi connectivity index (χ4n) is 7.94. The summed E-state index contributed by atoms with van der Waals surface area (Å²) in [6.45, 7) is 8.00. The molecule has 4 aliphatic rings. The normalized spacial score (nSPS) is 42.6. The van der Waals surface area contributed by atoms with Crippen molar-refractivity contribution in [3.8, 4) is 0 Å². The number of aliphatic hydroxyl groups excluding tert-OH is 1. The third kappa shape index (κ3) is 3.88. The number of Topliss-reactive ketones (excluding diaryl/α,β-unsaturated/α-hetero) is 2. The number of amides is 1. The highest BCUT2D eigenvalue weighted by molar-refractivity contribution is 6.10. The highest BCUT2D eigenvalue weighted by Crippen LogP contribution is 2.66. The first-order valence-corrected chi connectivity index (χ1v) is 14.2. The van der Waals surface area contributed by atoms with Gasteiger partial charge in [-0.2, -0.15) is 0 Å². The summed E-state index contributed by atoms with van der Waals surface area (Å²) in [7, 11) is 0. The molecule has 0 unspecified atom stereocenters. The maximum atomic E-state index is 14.3. The van der Waals surface area contributed by atoms with Crippen LogP contribution in [0.3, 0.4) is 0 Å². The van der Waals surface area contributed by atoms with E-state index in [1.165, 1.54) is 0 Å². The van der Waals surface area contributed by atoms with E-state index in [1.807, 2.05) is 43.5 Å². The van der Waals surface area contributed by atoms with Gasteiger partial charge in [0, 0.05) is 47.8 Å². The van der Waals surface area contributed by atoms with Crippen LogP contribution in [-0.2, 0) is 25.5 Å². The number of epoxide rings is 1. The molecule has 9 atom stereocenters. The zero-order valence-corrected chi connectivity index (χ0v) is 23.1. The van der Waals surface area contributed by atoms with Crippen molar-refractivity contribution in [2.75, 3.05) is 0 Å². The molecule has 1 saturated carbocycles. The van der Waals surface area contributed by atoms with Gasteiger partial charge in [0.05, 0.1) is 11.7 Å². The molecular weight excluding hydrogens is 492 g/mol. The Morgan fingerprint density at radius 2 is 1.90 bits per heavy atom. The van der Waals surface area contributed by atoms with Gasteiger partial charge in [-0.05, 0) is 55.7 Å². The number of carbonyl (C=O) groups excluding carboxylic acids is 3. The van der Waals surface area contributed by atoms with Gasteiger partial charge in [0.1, 0.15) is 17.3 Å². The van der Waals surface area contributed by atoms with Gasteiger partial charge in [-0.15, -0.1) is 0 Å². The van der Waals surface area contributed by atoms with E-state index in [4.69, 9.17) is 4.74 Å². The number of carbonyl (C=O) groups is 3. The van der Waals surface area contributed by atoms with E-state index in [-0.39, 0.29) is 60.2 Å². The molecule has 2 aromatic rings. The minimum absolute atomic E-state index is 0.0509. The van der Waals surface area contributed by atoms with Crippen LogP contribution in [0.5, 0.6) is 0 Å². The molecule has 3 fully saturated rings. The molecule has 7 heteroatoms. The number of fused-ring (bicyclic) bond motifs is 3. The van der Waals surface area contributed by atoms with Crippen molar-refractivity contribution in [2.45, 2.75) is 77.2 Å². The van der Waals surface area contributed by atoms with Crippen LogP contribution >= 0.6 is 0 Å². The lowest BCUT2D eigenvalue weighted by molar-refractivity contribution is -0.149. The molecule has 3 heterocycles. The number of nitrogens with one attached hydrogen (secondary N) is 2. The second-order valence-corrected chi connectivity index (χ2v) is 12.4. The number of rotatable bonds is 2. The highest BCUT2D eigenvalue weighted by atomic mass is 16.6. The SMILES string of the molecule is C/C1=C/[C@@H](C)C/C=C/[C@H]2[C@@H]3O[C@]3(C)[C@@H](C)[C@H]3[C@H](Cc4c[nH]c5ccccc45)NC(=O)[C@]32C(=O)CCC(=O)[C@H]1O. The quantitative estimate of drug-likeness (QED) is 0.308. The standard InChI is InChI=1S/C32H38N2O5/c1-17-8-7-10-22-29-31(4,39-29)19(3)27-24(15-20-16-33-23-11-6-5-9-21(20)23)34-30(38)32(22,27)26(36)13-12-25(35)28(37)18(2)14-17/h5-7,9-11,14,16-17,19,22,24,27-29,33,37H,8,12-13,15H2,1-4H3,(H,34,38)/b10-7+,18-14-/t17-,19-,22-,24-,27-,28-,29-,31+,32+/m0/s1. The number of ketones is 2. The first-order chi connectivity index (χ1) is 18.6. The van der Waals surface area contributed by atoms with Crippen LogP contribution in [0.25, 0.3) is 10.9 Å². The van der Waals surface area contributed by atoms with Gasteiger partial charge in [-0.3, -0.25) is 14.4 Å². The summed E-state index contributed by atoms with van der Waals surface area (Å²) in [5, 5.41) is 15.0. The molecule has 0 radical (unpaired) electrons. The van der Waals surface area contributed by atoms with Crippen molar-refractivity contribution in [1.82, 2.24) is 10.3 Å². The van der Waals surface area contributed by atoms with Gasteiger partial charge >= 0.3 is 0 Å². The molecule has 6 rings (SSSR count). The van der Waals surface area contributed by atoms with Gasteiger partial charge in [0.15, 0.2) is 5.78 Å². The van der Waals surface area contributed by atoms with Crippen LogP contribution in [0.4, 0.5) is 0 Å². The number of allylic oxidation sites excluding steroid dienone is 2. The van der Waals surface area contributed by atoms with Gasteiger partial charge in [0.2, 0.25) is 5.91 Å². The van der Waals surface area contributed by atoms with E-state index >= 15 is 0 Å². The average Bonchev–Trinajstić information content (AvgIpc) is 3.31. The van der Waals surface area contributed by atoms with E-state index < -0.39 is 23.0 Å². The minimum atomic E-state index is -1.32. The van der Waals surface area contributed by atoms with Gasteiger partial charge < -0.3 is 20.1 Å². The highest BCUT2D eigenvalue weighted by Gasteiger charge is 2.78. The Bertz CT molecular complexity index is 1410. The predicted octanol–water partition coefficient (Wildman–Crippen LogP) is 4.06. The molecule has 2 aliphatic carbocycles. The summed E-state index contributed by atoms with van der Waals surface area (Å²) in [5.74, 6) is -1.54. The van der Waals surface area contributed by atoms with E-state index in [9.17, 15) is 19.5 Å². The predicted molar refractivity (Wildman–Crippen MR) is 148 cm³/mol. The third-order valence-electron chi connectivity index (χ3n) is 10.1. The molecule has 7 nitrogen and oxygen atoms in total. The van der Waals surface area contributed by atoms with E-state index in [1.54, 1.807) is 6.92 Å². The number of para-hydroxylation sites is 1. The monoisotopic (exact) mass is 530 g/mol. The molecule has 2 aliphatic heterocycles. The van der Waals surface area contributed by atoms with Crippen LogP contribution in [0.1, 0.15) is 52.5 Å². The lowest BCUT2D eigenvalue weighted by atomic mass is 9.51. The Labute approximate surface area is 229 Å². The molecule has 3 N–H and O–H groups in total. The average molecular weight is 531 g/mol. The van der Waals surface area contributed by atoms with E-state index in [0.717, 1.165) is 16.5 Å². The summed E-state index contributed by atoms with van der Waals surface area (Å²) < 4.78 is 6.35. The minimum Gasteiger partial charge on any atom is -0.381 e. The molecule has 2 saturated heterocycles. The van der Waals surface area contributed by atoms with Crippen molar-refractivity contribution < 1.29 is 24.2 Å². The summed E-state index contributed by atoms with van der Waals surface area (Å²) in [4.78, 5) is 44.7. The topological polar surface area (TPSA) is 112 Å². The van der Waals surface area contributed by atoms with E-state index in [2.05, 4.69) is 36.3 Å². The fourth-order valence-corrected chi connectivity index (χ4v) is 7.94. The number of ether oxygens (including phenoxy) is 1. The second kappa shape index (κ2) is 9.27. The fraction of sp³-hybridized carbons (Fsp3) is 0.531. The third-order valence-corrected chi connectivity index (χ3v) is 10.1. The summed E-state index contributed by atoms with van der Waals surface area (Å²) in [5.41, 5.74) is 0.997. The number of hydrogen-bond donors (Lipinski definition) is 3. The summed E-state index contributed by atoms with van der Waals surface area (Å²) >= 11 is 0. The molecular formula is C32H38N2O5. The Kier molecular flexibility index (Phi) is 6.23. The number of H-pyrrole nitrogens is 1. The molecule has 1 amide bonds. The van der Waals surface area contributed by atoms with Gasteiger partial charge in [-0.1, -0.05) is 50.3 Å². The maximum Gasteiger partial charge on any atom is 0.235 e. The molecule has 0 bridgehead atoms. The van der Waals surface area contributed by atoms with Crippen LogP contribution in [-0.4, -0.2) is 51.4 Å². The summed E-state index contributed by atoms with van der Waals surface area (Å²) in [6, 6.07) is 7.84. The Hall–Kier alpha value is -3.03. The van der Waals surface area contributed by atoms with E-state index in [0.29, 0.717) is 18.4 Å². The van der Waals surface area contributed by atoms with Crippen molar-refractivity contribution in [3.63, 3.8) is 0 Å². The van der Waals surface area contributed by atoms with Crippen molar-refractivity contribution in [1.29, 1.82) is 0 Å². The molecule has 1 spiro atoms. The van der Waals surface area contributed by atoms with Crippen LogP contribution < -0.4 is 5.32 Å². The first kappa shape index (κ1) is 26.2. The number of hydrogen-bond acceptors (Lipinski definition) is 5. The van der Waals surface area contributed by atoms with Gasteiger partial charge in [0.25, 0.3) is 0 Å². The smallest absolute Gasteiger partial charge is 0.235 e. The lowest BCUT2D eigenvalue weighted by Gasteiger charge is -2.46. The second-order valence-electron chi connectivity index (χ2n) is 12.4. The van der Waals surface area contributed by atoms with Crippen molar-refractivity contribution in [2.24, 2.45) is 29.1 Å². The first-order valence-electron chi connectivity index (χ1n) is 14.2. The number of benzene rings is 1. The van der Waals surface area contributed by atoms with Gasteiger partial charge in [-0.25, -0.2) is 0 Å². The van der Waals surface area contributed by atoms with Crippen molar-refractivity contribution in [3.05, 3.63) is 59.8 Å². The lowest BCUT2D eigenvalue weighted by Crippen LogP contribution is -2.58. The molecule has 39 heavy (non-hydrogen) atoms. The maximum absolute atomic E-state index is 14.3. The Balaban J connectivity index is 1.43. The molecule has 206 valence electrons. The Morgan fingerprint density at radius 3 is 2.69 bits per heavy atom. The Morgan fingerprint density at radius 1 is 1.13 bits per heavy atom. The number of aromatic nitrogens is 1. The van der Waals surface area contributed by atoms with Crippen LogP contribution in [0.2, 0.25) is 0 Å². The zero-order chi connectivity index (χ0) is 27.7. The van der Waals surface area contributed by atoms with Crippen LogP contribution in [0.15, 0.2) is 54.3 Å². The molecule has 1 aromatic carbocycles. The number of aliphatic hydroxyl groups is 1. The summed E-state index contributed by atoms with van der Waals surface area (Å²) in [6.07, 6.45) is 7.62. The van der Waals surface area contributed by atoms with Crippen molar-refractivity contribution >= 4 is 28.4 Å². The largest absolute Gasteiger partial charge is 0.381 e. The molecule has 1 aromatic heterocycles.